The van der Waals surface area contributed by atoms with Crippen molar-refractivity contribution in [2.45, 2.75) is 30.4 Å². The van der Waals surface area contributed by atoms with E-state index in [-0.39, 0.29) is 15.4 Å². The Labute approximate surface area is 104 Å². The molecule has 0 aliphatic heterocycles. The van der Waals surface area contributed by atoms with Crippen LogP contribution in [0.1, 0.15) is 20.8 Å². The Kier molecular flexibility index (Phi) is 2.67. The lowest BCUT2D eigenvalue weighted by molar-refractivity contribution is 0.315. The van der Waals surface area contributed by atoms with E-state index in [4.69, 9.17) is 11.6 Å². The van der Waals surface area contributed by atoms with Crippen LogP contribution >= 0.6 is 11.6 Å². The molecule has 0 N–H and O–H groups in total. The average molecular weight is 275 g/mol. The standard InChI is InChI=1S/C10H11ClN2O3S/c1-10(2,3)17(14,15)9-6(11)4-5-7-8(9)13-16-12-7/h4-5H,1-3H3. The first kappa shape index (κ1) is 12.3. The first-order chi connectivity index (χ1) is 7.75. The number of fused-ring (bicyclic) bond motifs is 1. The van der Waals surface area contributed by atoms with Gasteiger partial charge in [0.05, 0.1) is 9.77 Å². The normalized spacial score (nSPS) is 13.2. The monoisotopic (exact) mass is 274 g/mol. The molecule has 1 heterocycles. The zero-order valence-electron chi connectivity index (χ0n) is 9.56. The third-order valence-corrected chi connectivity index (χ3v) is 5.40. The molecule has 7 heteroatoms. The van der Waals surface area contributed by atoms with E-state index in [1.165, 1.54) is 6.07 Å². The minimum Gasteiger partial charge on any atom is -0.243 e. The van der Waals surface area contributed by atoms with Crippen LogP contribution in [0.4, 0.5) is 0 Å². The van der Waals surface area contributed by atoms with Crippen molar-refractivity contribution in [1.29, 1.82) is 0 Å². The van der Waals surface area contributed by atoms with Gasteiger partial charge >= 0.3 is 0 Å². The smallest absolute Gasteiger partial charge is 0.187 e. The molecule has 0 bridgehead atoms. The quantitative estimate of drug-likeness (QED) is 0.798. The lowest BCUT2D eigenvalue weighted by Gasteiger charge is -2.19. The maximum absolute atomic E-state index is 12.4. The third-order valence-electron chi connectivity index (χ3n) is 2.41. The first-order valence-corrected chi connectivity index (χ1v) is 6.76. The van der Waals surface area contributed by atoms with Crippen LogP contribution in [-0.2, 0) is 9.84 Å². The molecule has 1 aromatic carbocycles. The molecule has 0 atom stereocenters. The van der Waals surface area contributed by atoms with E-state index >= 15 is 0 Å². The number of hydrogen-bond donors (Lipinski definition) is 0. The summed E-state index contributed by atoms with van der Waals surface area (Å²) in [4.78, 5) is -0.0228. The predicted octanol–water partition coefficient (Wildman–Crippen LogP) is 2.45. The zero-order chi connectivity index (χ0) is 12.8. The van der Waals surface area contributed by atoms with E-state index in [2.05, 4.69) is 14.9 Å². The fraction of sp³-hybridized carbons (Fsp3) is 0.400. The van der Waals surface area contributed by atoms with Crippen molar-refractivity contribution in [2.75, 3.05) is 0 Å². The van der Waals surface area contributed by atoms with Crippen LogP contribution in [0.3, 0.4) is 0 Å². The summed E-state index contributed by atoms with van der Waals surface area (Å²) in [6.45, 7) is 4.81. The maximum Gasteiger partial charge on any atom is 0.187 e. The molecule has 0 fully saturated rings. The molecule has 0 saturated heterocycles. The molecule has 92 valence electrons. The van der Waals surface area contributed by atoms with Crippen LogP contribution in [0.15, 0.2) is 21.7 Å². The van der Waals surface area contributed by atoms with Crippen molar-refractivity contribution in [3.05, 3.63) is 17.2 Å². The van der Waals surface area contributed by atoms with Gasteiger partial charge in [0.1, 0.15) is 10.4 Å². The van der Waals surface area contributed by atoms with Crippen LogP contribution < -0.4 is 0 Å². The van der Waals surface area contributed by atoms with Gasteiger partial charge in [-0.25, -0.2) is 13.0 Å². The van der Waals surface area contributed by atoms with Crippen LogP contribution in [-0.4, -0.2) is 23.5 Å². The summed E-state index contributed by atoms with van der Waals surface area (Å²) < 4.78 is 28.4. The molecule has 2 rings (SSSR count). The number of aromatic nitrogens is 2. The van der Waals surface area contributed by atoms with Crippen LogP contribution in [0, 0.1) is 0 Å². The number of benzene rings is 1. The van der Waals surface area contributed by atoms with Crippen molar-refractivity contribution < 1.29 is 13.0 Å². The van der Waals surface area contributed by atoms with Crippen LogP contribution in [0.5, 0.6) is 0 Å². The minimum atomic E-state index is -3.60. The van der Waals surface area contributed by atoms with Crippen molar-refractivity contribution in [1.82, 2.24) is 10.3 Å². The highest BCUT2D eigenvalue weighted by atomic mass is 35.5. The second-order valence-electron chi connectivity index (χ2n) is 4.62. The van der Waals surface area contributed by atoms with E-state index < -0.39 is 14.6 Å². The van der Waals surface area contributed by atoms with Crippen LogP contribution in [0.25, 0.3) is 11.0 Å². The van der Waals surface area contributed by atoms with Crippen molar-refractivity contribution in [3.8, 4) is 0 Å². The second kappa shape index (κ2) is 3.68. The van der Waals surface area contributed by atoms with Gasteiger partial charge in [-0.3, -0.25) is 0 Å². The molecule has 0 amide bonds. The van der Waals surface area contributed by atoms with Crippen molar-refractivity contribution in [3.63, 3.8) is 0 Å². The Bertz CT molecular complexity index is 670. The van der Waals surface area contributed by atoms with E-state index in [0.717, 1.165) is 0 Å². The van der Waals surface area contributed by atoms with Crippen molar-refractivity contribution >= 4 is 32.5 Å². The highest BCUT2D eigenvalue weighted by molar-refractivity contribution is 7.93. The number of nitrogens with zero attached hydrogens (tertiary/aromatic N) is 2. The maximum atomic E-state index is 12.4. The lowest BCUT2D eigenvalue weighted by atomic mass is 10.3. The Hall–Kier alpha value is -1.14. The largest absolute Gasteiger partial charge is 0.243 e. The Morgan fingerprint density at radius 1 is 1.24 bits per heavy atom. The summed E-state index contributed by atoms with van der Waals surface area (Å²) >= 11 is 5.96. The predicted molar refractivity (Wildman–Crippen MR) is 63.8 cm³/mol. The first-order valence-electron chi connectivity index (χ1n) is 4.90. The Balaban J connectivity index is 2.88. The van der Waals surface area contributed by atoms with Gasteiger partial charge in [0, 0.05) is 0 Å². The Morgan fingerprint density at radius 3 is 2.47 bits per heavy atom. The molecule has 0 spiro atoms. The highest BCUT2D eigenvalue weighted by Gasteiger charge is 2.35. The number of sulfone groups is 1. The fourth-order valence-corrected chi connectivity index (χ4v) is 3.16. The molecule has 1 aromatic heterocycles. The number of rotatable bonds is 1. The van der Waals surface area contributed by atoms with Gasteiger partial charge in [0.15, 0.2) is 15.4 Å². The summed E-state index contributed by atoms with van der Waals surface area (Å²) in [5.74, 6) is 0. The van der Waals surface area contributed by atoms with Crippen molar-refractivity contribution in [2.24, 2.45) is 0 Å². The highest BCUT2D eigenvalue weighted by Crippen LogP contribution is 2.34. The topological polar surface area (TPSA) is 73.1 Å². The molecule has 0 saturated carbocycles. The molecular weight excluding hydrogens is 264 g/mol. The van der Waals surface area contributed by atoms with Gasteiger partial charge in [-0.1, -0.05) is 11.6 Å². The Morgan fingerprint density at radius 2 is 1.88 bits per heavy atom. The third kappa shape index (κ3) is 1.81. The molecule has 0 aliphatic carbocycles. The summed E-state index contributed by atoms with van der Waals surface area (Å²) in [5.41, 5.74) is 0.546. The van der Waals surface area contributed by atoms with Gasteiger partial charge in [0.25, 0.3) is 0 Å². The lowest BCUT2D eigenvalue weighted by Crippen LogP contribution is -2.28. The summed E-state index contributed by atoms with van der Waals surface area (Å²) in [6, 6.07) is 3.04. The van der Waals surface area contributed by atoms with E-state index in [9.17, 15) is 8.42 Å². The van der Waals surface area contributed by atoms with E-state index in [1.54, 1.807) is 26.8 Å². The molecule has 0 aliphatic rings. The summed E-state index contributed by atoms with van der Waals surface area (Å²) in [7, 11) is -3.60. The SMILES string of the molecule is CC(C)(C)S(=O)(=O)c1c(Cl)ccc2nonc12. The number of hydrogen-bond acceptors (Lipinski definition) is 5. The average Bonchev–Trinajstić information content (AvgIpc) is 2.62. The minimum absolute atomic E-state index is 0.0228. The van der Waals surface area contributed by atoms with Crippen LogP contribution in [0.2, 0.25) is 5.02 Å². The molecule has 5 nitrogen and oxygen atoms in total. The zero-order valence-corrected chi connectivity index (χ0v) is 11.1. The van der Waals surface area contributed by atoms with Gasteiger partial charge < -0.3 is 0 Å². The van der Waals surface area contributed by atoms with Gasteiger partial charge in [-0.2, -0.15) is 0 Å². The van der Waals surface area contributed by atoms with Gasteiger partial charge in [-0.15, -0.1) is 0 Å². The van der Waals surface area contributed by atoms with E-state index in [0.29, 0.717) is 5.52 Å². The molecular formula is C10H11ClN2O3S. The second-order valence-corrected chi connectivity index (χ2v) is 7.67. The molecule has 17 heavy (non-hydrogen) atoms. The van der Waals surface area contributed by atoms with Gasteiger partial charge in [-0.05, 0) is 43.2 Å². The van der Waals surface area contributed by atoms with Gasteiger partial charge in [0.2, 0.25) is 0 Å². The number of halogens is 1. The summed E-state index contributed by atoms with van der Waals surface area (Å²) in [5, 5.41) is 7.34. The fourth-order valence-electron chi connectivity index (χ4n) is 1.37. The molecule has 0 radical (unpaired) electrons. The molecule has 0 unspecified atom stereocenters. The van der Waals surface area contributed by atoms with E-state index in [1.807, 2.05) is 0 Å². The molecule has 2 aromatic rings. The summed E-state index contributed by atoms with van der Waals surface area (Å²) in [6.07, 6.45) is 0.